The number of Topliss-reactive ketones (excluding diaryl/α,β-unsaturated/α-hetero) is 1. The molecule has 5 aromatic rings. The molecule has 53 heavy (non-hydrogen) atoms. The van der Waals surface area contributed by atoms with Gasteiger partial charge in [-0.1, -0.05) is 34.8 Å². The van der Waals surface area contributed by atoms with Crippen LogP contribution in [-0.2, 0) is 11.2 Å². The lowest BCUT2D eigenvalue weighted by Gasteiger charge is -2.23. The maximum Gasteiger partial charge on any atom is 0.573 e. The molecule has 0 spiro atoms. The second-order valence-corrected chi connectivity index (χ2v) is 14.5. The number of alkyl halides is 3. The largest absolute Gasteiger partial charge is 0.573 e. The van der Waals surface area contributed by atoms with Gasteiger partial charge in [0.1, 0.15) is 10.8 Å². The Morgan fingerprint density at radius 3 is 2.02 bits per heavy atom. The van der Waals surface area contributed by atoms with E-state index in [9.17, 15) is 18.0 Å². The molecular formula is C32H37F3N14O2S2. The monoisotopic (exact) mass is 770 g/mol. The van der Waals surface area contributed by atoms with Gasteiger partial charge in [-0.2, -0.15) is 10.2 Å². The standard InChI is InChI=1S/C22H24F3N7O2S.C10H13N7S/c1-31(2)20(14-5-3-6-16(11-14)34-22(23,24)25)17(33)12-19-29-30-21(35-19)27-15-8-10-32(13-15)18-7-4-9-26-28-18;11-9-15-16-10(18-9)13-7-3-5-17(6-7)8-2-1-4-12-14-8/h3-7,9,11,15,20H,8,10,12-13H2,1-2H3,(H,27,30);1-2,4,7H,3,5-6H2,(H2,11,15)(H,13,16)/t15-,20-;7-/m11/s1. The van der Waals surface area contributed by atoms with Gasteiger partial charge in [-0.15, -0.1) is 43.8 Å². The number of hydrogen-bond donors (Lipinski definition) is 3. The highest BCUT2D eigenvalue weighted by molar-refractivity contribution is 7.18. The van der Waals surface area contributed by atoms with Crippen molar-refractivity contribution in [2.24, 2.45) is 0 Å². The van der Waals surface area contributed by atoms with Crippen molar-refractivity contribution in [2.75, 3.05) is 66.4 Å². The van der Waals surface area contributed by atoms with E-state index in [4.69, 9.17) is 5.73 Å². The van der Waals surface area contributed by atoms with E-state index in [1.165, 1.54) is 40.9 Å². The zero-order chi connectivity index (χ0) is 37.4. The molecule has 4 N–H and O–H groups in total. The summed E-state index contributed by atoms with van der Waals surface area (Å²) in [7, 11) is 3.38. The van der Waals surface area contributed by atoms with E-state index in [-0.39, 0.29) is 24.0 Å². The Morgan fingerprint density at radius 2 is 1.49 bits per heavy atom. The molecule has 0 unspecified atom stereocenters. The highest BCUT2D eigenvalue weighted by Gasteiger charge is 2.32. The summed E-state index contributed by atoms with van der Waals surface area (Å²) in [6.45, 7) is 3.43. The molecule has 2 aliphatic rings. The molecule has 0 bridgehead atoms. The molecule has 7 rings (SSSR count). The summed E-state index contributed by atoms with van der Waals surface area (Å²) in [5.74, 6) is 1.15. The highest BCUT2D eigenvalue weighted by Crippen LogP contribution is 2.30. The van der Waals surface area contributed by atoms with Gasteiger partial charge in [0.2, 0.25) is 15.4 Å². The number of carbonyl (C=O) groups excluding carboxylic acids is 1. The molecule has 6 heterocycles. The molecule has 0 saturated carbocycles. The predicted molar refractivity (Wildman–Crippen MR) is 195 cm³/mol. The lowest BCUT2D eigenvalue weighted by atomic mass is 9.99. The SMILES string of the molecule is CN(C)[C@@H](C(=O)Cc1nnc(N[C@@H]2CCN(c3cccnn3)C2)s1)c1cccc(OC(F)(F)F)c1.Nc1nnc(N[C@@H]2CCN(c3cccnn3)C2)s1. The van der Waals surface area contributed by atoms with Crippen molar-refractivity contribution >= 4 is 55.5 Å². The van der Waals surface area contributed by atoms with Crippen LogP contribution in [0.3, 0.4) is 0 Å². The molecule has 0 radical (unpaired) electrons. The summed E-state index contributed by atoms with van der Waals surface area (Å²) >= 11 is 2.66. The van der Waals surface area contributed by atoms with Crippen LogP contribution in [0.5, 0.6) is 5.75 Å². The highest BCUT2D eigenvalue weighted by atomic mass is 32.1. The first kappa shape index (κ1) is 37.5. The predicted octanol–water partition coefficient (Wildman–Crippen LogP) is 3.93. The Hall–Kier alpha value is -5.28. The van der Waals surface area contributed by atoms with Crippen LogP contribution < -0.4 is 30.9 Å². The quantitative estimate of drug-likeness (QED) is 0.165. The summed E-state index contributed by atoms with van der Waals surface area (Å²) < 4.78 is 41.8. The number of halogens is 3. The molecule has 2 saturated heterocycles. The number of nitrogens with zero attached hydrogens (tertiary/aromatic N) is 11. The number of nitrogens with one attached hydrogen (secondary N) is 2. The fourth-order valence-electron chi connectivity index (χ4n) is 6.02. The van der Waals surface area contributed by atoms with E-state index in [2.05, 4.69) is 66.0 Å². The van der Waals surface area contributed by atoms with E-state index in [1.54, 1.807) is 37.5 Å². The van der Waals surface area contributed by atoms with Gasteiger partial charge in [0.25, 0.3) is 0 Å². The Labute approximate surface area is 310 Å². The Bertz CT molecular complexity index is 1920. The molecule has 21 heteroatoms. The second kappa shape index (κ2) is 17.0. The number of ketones is 1. The molecule has 2 fully saturated rings. The first-order valence-electron chi connectivity index (χ1n) is 16.5. The van der Waals surface area contributed by atoms with Crippen LogP contribution in [0.15, 0.2) is 60.9 Å². The van der Waals surface area contributed by atoms with Gasteiger partial charge in [-0.3, -0.25) is 9.69 Å². The summed E-state index contributed by atoms with van der Waals surface area (Å²) in [6, 6.07) is 12.8. The third-order valence-corrected chi connectivity index (χ3v) is 9.80. The fraction of sp³-hybridized carbons (Fsp3) is 0.406. The number of ether oxygens (including phenoxy) is 1. The number of hydrogen-bond acceptors (Lipinski definition) is 18. The van der Waals surface area contributed by atoms with Gasteiger partial charge in [-0.05, 0) is 68.9 Å². The number of anilines is 5. The molecular weight excluding hydrogens is 734 g/mol. The lowest BCUT2D eigenvalue weighted by Crippen LogP contribution is -2.29. The number of likely N-dealkylation sites (N-methyl/N-ethyl adjacent to an activating group) is 1. The third kappa shape index (κ3) is 10.6. The molecule has 16 nitrogen and oxygen atoms in total. The average Bonchev–Trinajstić information content (AvgIpc) is 3.95. The number of aromatic nitrogens is 8. The van der Waals surface area contributed by atoms with Crippen molar-refractivity contribution in [3.8, 4) is 5.75 Å². The van der Waals surface area contributed by atoms with Gasteiger partial charge in [0, 0.05) is 50.7 Å². The summed E-state index contributed by atoms with van der Waals surface area (Å²) in [5, 5.41) is 41.2. The minimum Gasteiger partial charge on any atom is -0.406 e. The van der Waals surface area contributed by atoms with Gasteiger partial charge >= 0.3 is 6.36 Å². The smallest absolute Gasteiger partial charge is 0.406 e. The Kier molecular flexibility index (Phi) is 12.0. The van der Waals surface area contributed by atoms with E-state index < -0.39 is 12.4 Å². The molecule has 0 amide bonds. The van der Waals surface area contributed by atoms with E-state index in [1.807, 2.05) is 24.3 Å². The summed E-state index contributed by atoms with van der Waals surface area (Å²) in [4.78, 5) is 19.1. The summed E-state index contributed by atoms with van der Waals surface area (Å²) in [6.07, 6.45) is 0.437. The van der Waals surface area contributed by atoms with Crippen molar-refractivity contribution < 1.29 is 22.7 Å². The number of nitrogen functional groups attached to an aromatic ring is 1. The van der Waals surface area contributed by atoms with Gasteiger partial charge < -0.3 is 30.9 Å². The van der Waals surface area contributed by atoms with Crippen LogP contribution in [0, 0.1) is 0 Å². The van der Waals surface area contributed by atoms with Crippen LogP contribution >= 0.6 is 22.7 Å². The molecule has 280 valence electrons. The van der Waals surface area contributed by atoms with Crippen LogP contribution in [-0.4, -0.2) is 110 Å². The molecule has 1 aromatic carbocycles. The van der Waals surface area contributed by atoms with Crippen molar-refractivity contribution in [3.05, 3.63) is 71.5 Å². The summed E-state index contributed by atoms with van der Waals surface area (Å²) in [5.41, 5.74) is 5.95. The minimum absolute atomic E-state index is 0.00292. The maximum atomic E-state index is 13.1. The second-order valence-electron chi connectivity index (χ2n) is 12.4. The van der Waals surface area contributed by atoms with Crippen molar-refractivity contribution in [1.29, 1.82) is 0 Å². The van der Waals surface area contributed by atoms with Crippen molar-refractivity contribution in [1.82, 2.24) is 45.7 Å². The number of nitrogens with two attached hydrogens (primary N) is 1. The first-order valence-corrected chi connectivity index (χ1v) is 18.2. The normalized spacial score (nSPS) is 17.7. The van der Waals surface area contributed by atoms with E-state index in [0.29, 0.717) is 26.9 Å². The van der Waals surface area contributed by atoms with Gasteiger partial charge in [-0.25, -0.2) is 0 Å². The van der Waals surface area contributed by atoms with Crippen LogP contribution in [0.4, 0.5) is 40.2 Å². The zero-order valence-corrected chi connectivity index (χ0v) is 30.4. The number of carbonyl (C=O) groups is 1. The van der Waals surface area contributed by atoms with Crippen LogP contribution in [0.25, 0.3) is 0 Å². The molecule has 2 aliphatic heterocycles. The Balaban J connectivity index is 0.000000222. The number of rotatable bonds is 12. The topological polar surface area (TPSA) is 189 Å². The van der Waals surface area contributed by atoms with E-state index >= 15 is 0 Å². The third-order valence-electron chi connectivity index (χ3n) is 8.26. The van der Waals surface area contributed by atoms with Gasteiger partial charge in [0.05, 0.1) is 12.5 Å². The van der Waals surface area contributed by atoms with Crippen LogP contribution in [0.2, 0.25) is 0 Å². The molecule has 0 aliphatic carbocycles. The zero-order valence-electron chi connectivity index (χ0n) is 28.7. The lowest BCUT2D eigenvalue weighted by molar-refractivity contribution is -0.274. The van der Waals surface area contributed by atoms with Crippen molar-refractivity contribution in [3.63, 3.8) is 0 Å². The fourth-order valence-corrected chi connectivity index (χ4v) is 7.43. The first-order chi connectivity index (χ1) is 25.5. The molecule has 4 aromatic heterocycles. The maximum absolute atomic E-state index is 13.1. The number of benzene rings is 1. The molecule has 3 atom stereocenters. The van der Waals surface area contributed by atoms with Gasteiger partial charge in [0.15, 0.2) is 17.4 Å². The Morgan fingerprint density at radius 1 is 0.887 bits per heavy atom. The van der Waals surface area contributed by atoms with Crippen molar-refractivity contribution in [2.45, 2.75) is 43.8 Å². The van der Waals surface area contributed by atoms with Crippen LogP contribution in [0.1, 0.15) is 29.5 Å². The van der Waals surface area contributed by atoms with E-state index in [0.717, 1.165) is 55.8 Å². The average molecular weight is 771 g/mol. The minimum atomic E-state index is -4.81.